The van der Waals surface area contributed by atoms with E-state index >= 15 is 0 Å². The van der Waals surface area contributed by atoms with E-state index in [0.717, 1.165) is 37.6 Å². The molecule has 17 heavy (non-hydrogen) atoms. The molecule has 5 nitrogen and oxygen atoms in total. The highest BCUT2D eigenvalue weighted by atomic mass is 19.1. The van der Waals surface area contributed by atoms with Crippen molar-refractivity contribution in [1.29, 1.82) is 0 Å². The number of aliphatic imine (C=N–C) groups is 1. The Labute approximate surface area is 97.5 Å². The van der Waals surface area contributed by atoms with Crippen LogP contribution in [0.5, 0.6) is 0 Å². The topological polar surface area (TPSA) is 67.5 Å². The summed E-state index contributed by atoms with van der Waals surface area (Å²) in [4.78, 5) is 13.9. The molecule has 90 valence electrons. The van der Waals surface area contributed by atoms with Crippen molar-refractivity contribution in [3.63, 3.8) is 0 Å². The molecule has 1 N–H and O–H groups in total. The van der Waals surface area contributed by atoms with Gasteiger partial charge in [-0.3, -0.25) is 15.1 Å². The maximum Gasteiger partial charge on any atom is 0.271 e. The Morgan fingerprint density at radius 1 is 1.59 bits per heavy atom. The van der Waals surface area contributed by atoms with Crippen molar-refractivity contribution in [3.05, 3.63) is 34.1 Å². The lowest BCUT2D eigenvalue weighted by Crippen LogP contribution is -2.22. The number of hydrogen-bond donors (Lipinski definition) is 1. The van der Waals surface area contributed by atoms with E-state index in [4.69, 9.17) is 0 Å². The van der Waals surface area contributed by atoms with Crippen LogP contribution in [0.1, 0.15) is 12.8 Å². The molecule has 1 heterocycles. The monoisotopic (exact) mass is 237 g/mol. The van der Waals surface area contributed by atoms with E-state index < -0.39 is 10.7 Å². The minimum Gasteiger partial charge on any atom is -0.309 e. The minimum atomic E-state index is -0.563. The fourth-order valence-corrected chi connectivity index (χ4v) is 1.72. The van der Waals surface area contributed by atoms with Gasteiger partial charge in [0.25, 0.3) is 5.69 Å². The van der Waals surface area contributed by atoms with Crippen LogP contribution in [-0.2, 0) is 0 Å². The summed E-state index contributed by atoms with van der Waals surface area (Å²) in [6.07, 6.45) is 3.63. The second kappa shape index (κ2) is 5.01. The number of halogens is 1. The van der Waals surface area contributed by atoms with Crippen molar-refractivity contribution >= 4 is 17.6 Å². The van der Waals surface area contributed by atoms with E-state index in [0.29, 0.717) is 0 Å². The molecule has 1 fully saturated rings. The number of non-ortho nitro benzene ring substituents is 1. The van der Waals surface area contributed by atoms with Crippen LogP contribution in [0, 0.1) is 15.9 Å². The van der Waals surface area contributed by atoms with Gasteiger partial charge in [-0.15, -0.1) is 0 Å². The van der Waals surface area contributed by atoms with Crippen molar-refractivity contribution in [2.75, 3.05) is 6.54 Å². The predicted octanol–water partition coefficient (Wildman–Crippen LogP) is 2.19. The Kier molecular flexibility index (Phi) is 3.43. The predicted molar refractivity (Wildman–Crippen MR) is 62.2 cm³/mol. The maximum atomic E-state index is 13.4. The van der Waals surface area contributed by atoms with Crippen LogP contribution in [0.25, 0.3) is 0 Å². The highest BCUT2D eigenvalue weighted by Gasteiger charge is 2.13. The van der Waals surface area contributed by atoms with Crippen LogP contribution in [0.3, 0.4) is 0 Å². The summed E-state index contributed by atoms with van der Waals surface area (Å²) < 4.78 is 13.4. The smallest absolute Gasteiger partial charge is 0.271 e. The number of rotatable bonds is 3. The van der Waals surface area contributed by atoms with Crippen LogP contribution in [0.2, 0.25) is 0 Å². The zero-order chi connectivity index (χ0) is 12.3. The van der Waals surface area contributed by atoms with Crippen molar-refractivity contribution in [2.45, 2.75) is 18.9 Å². The van der Waals surface area contributed by atoms with Crippen molar-refractivity contribution < 1.29 is 9.31 Å². The Morgan fingerprint density at radius 2 is 2.41 bits per heavy atom. The lowest BCUT2D eigenvalue weighted by Gasteiger charge is -2.02. The van der Waals surface area contributed by atoms with Crippen molar-refractivity contribution in [3.8, 4) is 0 Å². The van der Waals surface area contributed by atoms with Gasteiger partial charge >= 0.3 is 0 Å². The van der Waals surface area contributed by atoms with Gasteiger partial charge in [0.2, 0.25) is 0 Å². The molecule has 2 rings (SSSR count). The maximum absolute atomic E-state index is 13.4. The Hall–Kier alpha value is -1.82. The zero-order valence-electron chi connectivity index (χ0n) is 9.10. The first-order chi connectivity index (χ1) is 8.16. The average molecular weight is 237 g/mol. The van der Waals surface area contributed by atoms with Crippen LogP contribution < -0.4 is 5.32 Å². The summed E-state index contributed by atoms with van der Waals surface area (Å²) in [7, 11) is 0. The summed E-state index contributed by atoms with van der Waals surface area (Å²) in [6, 6.07) is 3.46. The van der Waals surface area contributed by atoms with Crippen LogP contribution in [-0.4, -0.2) is 23.7 Å². The van der Waals surface area contributed by atoms with Crippen molar-refractivity contribution in [1.82, 2.24) is 5.32 Å². The van der Waals surface area contributed by atoms with Gasteiger partial charge in [0.1, 0.15) is 11.5 Å². The number of nitrogens with zero attached hydrogens (tertiary/aromatic N) is 2. The van der Waals surface area contributed by atoms with Gasteiger partial charge in [-0.2, -0.15) is 0 Å². The number of nitro groups is 1. The lowest BCUT2D eigenvalue weighted by molar-refractivity contribution is -0.384. The third kappa shape index (κ3) is 2.85. The van der Waals surface area contributed by atoms with Gasteiger partial charge in [0.15, 0.2) is 0 Å². The first-order valence-electron chi connectivity index (χ1n) is 5.38. The molecule has 1 saturated heterocycles. The van der Waals surface area contributed by atoms with Gasteiger partial charge in [0.05, 0.1) is 4.92 Å². The van der Waals surface area contributed by atoms with Gasteiger partial charge < -0.3 is 5.32 Å². The van der Waals surface area contributed by atoms with E-state index in [1.54, 1.807) is 6.21 Å². The third-order valence-corrected chi connectivity index (χ3v) is 2.63. The quantitative estimate of drug-likeness (QED) is 0.497. The molecule has 1 aliphatic rings. The van der Waals surface area contributed by atoms with E-state index in [1.807, 2.05) is 0 Å². The van der Waals surface area contributed by atoms with Gasteiger partial charge in [0, 0.05) is 24.4 Å². The number of nitro benzene ring substituents is 1. The Balaban J connectivity index is 2.18. The standard InChI is InChI=1S/C11H12FN3O2/c12-10-4-3-9(15(16)17)6-11(10)14-7-8-2-1-5-13-8/h3-4,6-8,13H,1-2,5H2. The third-order valence-electron chi connectivity index (χ3n) is 2.63. The summed E-state index contributed by atoms with van der Waals surface area (Å²) in [6.45, 7) is 0.925. The summed E-state index contributed by atoms with van der Waals surface area (Å²) >= 11 is 0. The van der Waals surface area contributed by atoms with E-state index in [-0.39, 0.29) is 17.4 Å². The second-order valence-corrected chi connectivity index (χ2v) is 3.87. The fraction of sp³-hybridized carbons (Fsp3) is 0.364. The molecule has 0 aliphatic carbocycles. The van der Waals surface area contributed by atoms with E-state index in [1.165, 1.54) is 0 Å². The molecule has 1 aliphatic heterocycles. The molecule has 0 saturated carbocycles. The molecule has 0 bridgehead atoms. The van der Waals surface area contributed by atoms with Gasteiger partial charge in [-0.25, -0.2) is 4.39 Å². The molecule has 1 atom stereocenters. The molecule has 1 aromatic rings. The number of nitrogens with one attached hydrogen (secondary N) is 1. The highest BCUT2D eigenvalue weighted by Crippen LogP contribution is 2.23. The molecule has 6 heteroatoms. The van der Waals surface area contributed by atoms with Gasteiger partial charge in [-0.05, 0) is 25.5 Å². The van der Waals surface area contributed by atoms with Crippen molar-refractivity contribution in [2.24, 2.45) is 4.99 Å². The second-order valence-electron chi connectivity index (χ2n) is 3.87. The summed E-state index contributed by atoms with van der Waals surface area (Å²) in [5, 5.41) is 13.7. The molecule has 1 aromatic carbocycles. The van der Waals surface area contributed by atoms with Crippen LogP contribution in [0.4, 0.5) is 15.8 Å². The SMILES string of the molecule is O=[N+]([O-])c1ccc(F)c(N=CC2CCCN2)c1. The van der Waals surface area contributed by atoms with E-state index in [2.05, 4.69) is 10.3 Å². The summed E-state index contributed by atoms with van der Waals surface area (Å²) in [5.74, 6) is -0.551. The molecule has 0 radical (unpaired) electrons. The molecular formula is C11H12FN3O2. The molecule has 0 spiro atoms. The fourth-order valence-electron chi connectivity index (χ4n) is 1.72. The first kappa shape index (κ1) is 11.7. The van der Waals surface area contributed by atoms with E-state index in [9.17, 15) is 14.5 Å². The van der Waals surface area contributed by atoms with Crippen LogP contribution in [0.15, 0.2) is 23.2 Å². The Morgan fingerprint density at radius 3 is 3.06 bits per heavy atom. The lowest BCUT2D eigenvalue weighted by atomic mass is 10.2. The normalized spacial score (nSPS) is 19.9. The molecule has 1 unspecified atom stereocenters. The van der Waals surface area contributed by atoms with Crippen LogP contribution >= 0.6 is 0 Å². The number of hydrogen-bond acceptors (Lipinski definition) is 4. The largest absolute Gasteiger partial charge is 0.309 e. The number of benzene rings is 1. The molecular weight excluding hydrogens is 225 g/mol. The van der Waals surface area contributed by atoms with Gasteiger partial charge in [-0.1, -0.05) is 0 Å². The highest BCUT2D eigenvalue weighted by molar-refractivity contribution is 5.69. The Bertz CT molecular complexity index is 456. The average Bonchev–Trinajstić information content (AvgIpc) is 2.80. The molecule has 0 amide bonds. The molecule has 0 aromatic heterocycles. The summed E-state index contributed by atoms with van der Waals surface area (Å²) in [5.41, 5.74) is -0.147. The first-order valence-corrected chi connectivity index (χ1v) is 5.38. The zero-order valence-corrected chi connectivity index (χ0v) is 9.10. The minimum absolute atomic E-state index is 0.00731.